The molecule has 3 aromatic rings. The molecule has 0 spiro atoms. The molecule has 1 saturated carbocycles. The Bertz CT molecular complexity index is 931. The van der Waals surface area contributed by atoms with Crippen molar-refractivity contribution in [2.75, 3.05) is 0 Å². The van der Waals surface area contributed by atoms with Crippen molar-refractivity contribution in [1.29, 1.82) is 0 Å². The maximum atomic E-state index is 12.3. The van der Waals surface area contributed by atoms with E-state index in [1.165, 1.54) is 56.2 Å². The topological polar surface area (TPSA) is 48.2 Å². The summed E-state index contributed by atoms with van der Waals surface area (Å²) in [5.41, 5.74) is 2.92. The highest BCUT2D eigenvalue weighted by Gasteiger charge is 2.22. The highest BCUT2D eigenvalue weighted by atomic mass is 19.3. The molecule has 0 atom stereocenters. The van der Waals surface area contributed by atoms with Crippen molar-refractivity contribution in [1.82, 2.24) is 10.1 Å². The normalized spacial score (nSPS) is 19.2. The van der Waals surface area contributed by atoms with Crippen molar-refractivity contribution in [3.8, 4) is 28.6 Å². The van der Waals surface area contributed by atoms with E-state index in [9.17, 15) is 8.78 Å². The molecular weight excluding hydrogens is 386 g/mol. The van der Waals surface area contributed by atoms with Gasteiger partial charge in [0, 0.05) is 11.1 Å². The monoisotopic (exact) mass is 412 g/mol. The number of ether oxygens (including phenoxy) is 1. The molecule has 1 aromatic heterocycles. The third-order valence-corrected chi connectivity index (χ3v) is 5.94. The predicted molar refractivity (Wildman–Crippen MR) is 111 cm³/mol. The first-order chi connectivity index (χ1) is 14.6. The molecule has 4 nitrogen and oxygen atoms in total. The Balaban J connectivity index is 1.41. The lowest BCUT2D eigenvalue weighted by molar-refractivity contribution is -0.0498. The van der Waals surface area contributed by atoms with Crippen molar-refractivity contribution in [2.24, 2.45) is 5.92 Å². The zero-order valence-electron chi connectivity index (χ0n) is 17.1. The lowest BCUT2D eigenvalue weighted by atomic mass is 9.77. The standard InChI is InChI=1S/C24H26F2N2O2/c1-2-3-16-4-6-17(7-5-16)18-8-10-19(11-9-18)22-27-23(30-28-22)20-12-14-21(15-13-20)29-24(25)26/h8-17,24H,2-7H2,1H3. The van der Waals surface area contributed by atoms with Crippen LogP contribution in [0.1, 0.15) is 56.9 Å². The fraction of sp³-hybridized carbons (Fsp3) is 0.417. The summed E-state index contributed by atoms with van der Waals surface area (Å²) in [5.74, 6) is 2.48. The highest BCUT2D eigenvalue weighted by Crippen LogP contribution is 2.38. The van der Waals surface area contributed by atoms with Crippen LogP contribution in [-0.2, 0) is 0 Å². The van der Waals surface area contributed by atoms with E-state index in [2.05, 4.69) is 33.9 Å². The number of benzene rings is 2. The molecule has 2 aromatic carbocycles. The summed E-state index contributed by atoms with van der Waals surface area (Å²) in [6.45, 7) is -0.578. The minimum atomic E-state index is -2.85. The molecule has 0 N–H and O–H groups in total. The van der Waals surface area contributed by atoms with Crippen molar-refractivity contribution in [3.05, 3.63) is 54.1 Å². The van der Waals surface area contributed by atoms with Gasteiger partial charge < -0.3 is 9.26 Å². The maximum Gasteiger partial charge on any atom is 0.387 e. The van der Waals surface area contributed by atoms with Gasteiger partial charge >= 0.3 is 6.61 Å². The fourth-order valence-corrected chi connectivity index (χ4v) is 4.33. The first-order valence-corrected chi connectivity index (χ1v) is 10.6. The minimum absolute atomic E-state index is 0.0906. The van der Waals surface area contributed by atoms with E-state index in [-0.39, 0.29) is 5.75 Å². The number of nitrogens with zero attached hydrogens (tertiary/aromatic N) is 2. The molecule has 0 radical (unpaired) electrons. The molecule has 0 aliphatic heterocycles. The summed E-state index contributed by atoms with van der Waals surface area (Å²) in [6, 6.07) is 14.6. The minimum Gasteiger partial charge on any atom is -0.435 e. The summed E-state index contributed by atoms with van der Waals surface area (Å²) >= 11 is 0. The molecule has 1 aliphatic carbocycles. The summed E-state index contributed by atoms with van der Waals surface area (Å²) in [6.07, 6.45) is 7.83. The van der Waals surface area contributed by atoms with Gasteiger partial charge in [0.25, 0.3) is 5.89 Å². The Morgan fingerprint density at radius 3 is 2.27 bits per heavy atom. The predicted octanol–water partition coefficient (Wildman–Crippen LogP) is 7.08. The largest absolute Gasteiger partial charge is 0.435 e. The first-order valence-electron chi connectivity index (χ1n) is 10.6. The molecule has 0 bridgehead atoms. The summed E-state index contributed by atoms with van der Waals surface area (Å²) in [5, 5.41) is 4.07. The van der Waals surface area contributed by atoms with Crippen LogP contribution in [0.3, 0.4) is 0 Å². The Morgan fingerprint density at radius 1 is 0.967 bits per heavy atom. The Kier molecular flexibility index (Phi) is 6.41. The number of halogens is 2. The number of hydrogen-bond acceptors (Lipinski definition) is 4. The zero-order valence-corrected chi connectivity index (χ0v) is 17.1. The number of hydrogen-bond donors (Lipinski definition) is 0. The van der Waals surface area contributed by atoms with Crippen LogP contribution >= 0.6 is 0 Å². The van der Waals surface area contributed by atoms with Crippen LogP contribution < -0.4 is 4.74 Å². The fourth-order valence-electron chi connectivity index (χ4n) is 4.33. The van der Waals surface area contributed by atoms with Crippen molar-refractivity contribution < 1.29 is 18.0 Å². The van der Waals surface area contributed by atoms with E-state index >= 15 is 0 Å². The van der Waals surface area contributed by atoms with Gasteiger partial charge in [0.05, 0.1) is 0 Å². The quantitative estimate of drug-likeness (QED) is 0.416. The zero-order chi connectivity index (χ0) is 20.9. The molecule has 1 heterocycles. The average molecular weight is 412 g/mol. The molecule has 158 valence electrons. The van der Waals surface area contributed by atoms with Gasteiger partial charge in [0.15, 0.2) is 0 Å². The van der Waals surface area contributed by atoms with Gasteiger partial charge in [-0.2, -0.15) is 13.8 Å². The van der Waals surface area contributed by atoms with Crippen LogP contribution in [-0.4, -0.2) is 16.8 Å². The molecule has 1 aliphatic rings. The molecule has 6 heteroatoms. The van der Waals surface area contributed by atoms with E-state index in [0.29, 0.717) is 23.2 Å². The number of alkyl halides is 2. The second-order valence-corrected chi connectivity index (χ2v) is 7.95. The maximum absolute atomic E-state index is 12.3. The van der Waals surface area contributed by atoms with E-state index in [1.807, 2.05) is 12.1 Å². The number of rotatable bonds is 7. The van der Waals surface area contributed by atoms with Crippen LogP contribution in [0.2, 0.25) is 0 Å². The van der Waals surface area contributed by atoms with Gasteiger partial charge in [-0.3, -0.25) is 0 Å². The summed E-state index contributed by atoms with van der Waals surface area (Å²) in [4.78, 5) is 4.45. The average Bonchev–Trinajstić information content (AvgIpc) is 3.25. The van der Waals surface area contributed by atoms with Crippen molar-refractivity contribution in [3.63, 3.8) is 0 Å². The molecule has 30 heavy (non-hydrogen) atoms. The van der Waals surface area contributed by atoms with E-state index in [1.54, 1.807) is 12.1 Å². The van der Waals surface area contributed by atoms with E-state index < -0.39 is 6.61 Å². The first kappa shape index (κ1) is 20.5. The van der Waals surface area contributed by atoms with E-state index in [0.717, 1.165) is 11.5 Å². The molecular formula is C24H26F2N2O2. The lowest BCUT2D eigenvalue weighted by Crippen LogP contribution is -2.13. The van der Waals surface area contributed by atoms with Crippen LogP contribution in [0, 0.1) is 5.92 Å². The summed E-state index contributed by atoms with van der Waals surface area (Å²) < 4.78 is 34.3. The van der Waals surface area contributed by atoms with Crippen LogP contribution in [0.5, 0.6) is 5.75 Å². The molecule has 4 rings (SSSR count). The Labute approximate surface area is 175 Å². The molecule has 0 saturated heterocycles. The van der Waals surface area contributed by atoms with Crippen LogP contribution in [0.15, 0.2) is 53.1 Å². The Morgan fingerprint density at radius 2 is 1.63 bits per heavy atom. The van der Waals surface area contributed by atoms with Gasteiger partial charge in [0.2, 0.25) is 5.82 Å². The van der Waals surface area contributed by atoms with Crippen LogP contribution in [0.4, 0.5) is 8.78 Å². The number of aromatic nitrogens is 2. The molecule has 0 amide bonds. The summed E-state index contributed by atoms with van der Waals surface area (Å²) in [7, 11) is 0. The third kappa shape index (κ3) is 4.86. The third-order valence-electron chi connectivity index (χ3n) is 5.94. The second-order valence-electron chi connectivity index (χ2n) is 7.95. The SMILES string of the molecule is CCCC1CCC(c2ccc(-c3noc(-c4ccc(OC(F)F)cc4)n3)cc2)CC1. The molecule has 1 fully saturated rings. The van der Waals surface area contributed by atoms with Crippen LogP contribution in [0.25, 0.3) is 22.8 Å². The van der Waals surface area contributed by atoms with Crippen molar-refractivity contribution >= 4 is 0 Å². The van der Waals surface area contributed by atoms with Gasteiger partial charge in [-0.15, -0.1) is 0 Å². The second kappa shape index (κ2) is 9.37. The van der Waals surface area contributed by atoms with Gasteiger partial charge in [-0.25, -0.2) is 0 Å². The molecule has 0 unspecified atom stereocenters. The smallest absolute Gasteiger partial charge is 0.387 e. The van der Waals surface area contributed by atoms with E-state index in [4.69, 9.17) is 4.52 Å². The van der Waals surface area contributed by atoms with Gasteiger partial charge in [0.1, 0.15) is 5.75 Å². The van der Waals surface area contributed by atoms with Gasteiger partial charge in [-0.1, -0.05) is 49.2 Å². The van der Waals surface area contributed by atoms with Crippen molar-refractivity contribution in [2.45, 2.75) is 58.0 Å². The lowest BCUT2D eigenvalue weighted by Gasteiger charge is -2.28. The highest BCUT2D eigenvalue weighted by molar-refractivity contribution is 5.60. The Hall–Kier alpha value is -2.76. The van der Waals surface area contributed by atoms with Gasteiger partial charge in [-0.05, 0) is 67.3 Å².